The van der Waals surface area contributed by atoms with Crippen LogP contribution in [0.25, 0.3) is 22.1 Å². The SMILES string of the molecule is CCOc1cc(O)c2c(=O)c(-c3ccc(Br)cc3)coc2c1. The van der Waals surface area contributed by atoms with Gasteiger partial charge < -0.3 is 14.3 Å². The van der Waals surface area contributed by atoms with Crippen LogP contribution in [0, 0.1) is 0 Å². The number of phenols is 1. The zero-order valence-electron chi connectivity index (χ0n) is 11.8. The first kappa shape index (κ1) is 14.7. The molecular weight excluding hydrogens is 348 g/mol. The van der Waals surface area contributed by atoms with Gasteiger partial charge in [-0.1, -0.05) is 28.1 Å². The third-order valence-electron chi connectivity index (χ3n) is 3.30. The van der Waals surface area contributed by atoms with E-state index in [1.807, 2.05) is 31.2 Å². The van der Waals surface area contributed by atoms with Gasteiger partial charge in [0.05, 0.1) is 12.2 Å². The number of hydrogen-bond acceptors (Lipinski definition) is 4. The Morgan fingerprint density at radius 3 is 2.64 bits per heavy atom. The first-order valence-electron chi connectivity index (χ1n) is 6.77. The predicted molar refractivity (Wildman–Crippen MR) is 88.5 cm³/mol. The van der Waals surface area contributed by atoms with Crippen LogP contribution in [-0.4, -0.2) is 11.7 Å². The van der Waals surface area contributed by atoms with Crippen molar-refractivity contribution < 1.29 is 14.3 Å². The maximum Gasteiger partial charge on any atom is 0.204 e. The molecule has 0 aliphatic carbocycles. The minimum Gasteiger partial charge on any atom is -0.507 e. The van der Waals surface area contributed by atoms with E-state index in [2.05, 4.69) is 15.9 Å². The Kier molecular flexibility index (Phi) is 3.90. The molecule has 0 radical (unpaired) electrons. The molecule has 1 N–H and O–H groups in total. The standard InChI is InChI=1S/C17H13BrO4/c1-2-21-12-7-14(19)16-15(8-12)22-9-13(17(16)20)10-3-5-11(18)6-4-10/h3-9,19H,2H2,1H3. The lowest BCUT2D eigenvalue weighted by Crippen LogP contribution is -2.05. The first-order valence-corrected chi connectivity index (χ1v) is 7.56. The fourth-order valence-electron chi connectivity index (χ4n) is 2.29. The average molecular weight is 361 g/mol. The second kappa shape index (κ2) is 5.85. The molecule has 0 aliphatic heterocycles. The van der Waals surface area contributed by atoms with E-state index >= 15 is 0 Å². The largest absolute Gasteiger partial charge is 0.507 e. The van der Waals surface area contributed by atoms with Crippen molar-refractivity contribution in [3.05, 3.63) is 57.4 Å². The van der Waals surface area contributed by atoms with Crippen LogP contribution in [0.3, 0.4) is 0 Å². The van der Waals surface area contributed by atoms with Gasteiger partial charge in [0.15, 0.2) is 0 Å². The van der Waals surface area contributed by atoms with Gasteiger partial charge in [0.1, 0.15) is 28.7 Å². The molecule has 0 bridgehead atoms. The summed E-state index contributed by atoms with van der Waals surface area (Å²) in [6.45, 7) is 2.31. The quantitative estimate of drug-likeness (QED) is 0.755. The number of fused-ring (bicyclic) bond motifs is 1. The number of benzene rings is 2. The summed E-state index contributed by atoms with van der Waals surface area (Å²) in [7, 11) is 0. The van der Waals surface area contributed by atoms with Gasteiger partial charge in [0, 0.05) is 16.6 Å². The van der Waals surface area contributed by atoms with Crippen LogP contribution in [-0.2, 0) is 0 Å². The van der Waals surface area contributed by atoms with Crippen LogP contribution >= 0.6 is 15.9 Å². The number of phenolic OH excluding ortho intramolecular Hbond substituents is 1. The highest BCUT2D eigenvalue weighted by Gasteiger charge is 2.14. The van der Waals surface area contributed by atoms with Crippen molar-refractivity contribution in [2.24, 2.45) is 0 Å². The summed E-state index contributed by atoms with van der Waals surface area (Å²) in [5.41, 5.74) is 1.16. The molecule has 0 unspecified atom stereocenters. The minimum atomic E-state index is -0.274. The summed E-state index contributed by atoms with van der Waals surface area (Å²) in [6, 6.07) is 10.3. The Balaban J connectivity index is 2.21. The van der Waals surface area contributed by atoms with E-state index in [1.165, 1.54) is 12.3 Å². The molecule has 112 valence electrons. The molecule has 1 heterocycles. The van der Waals surface area contributed by atoms with Gasteiger partial charge in [0.2, 0.25) is 5.43 Å². The fraction of sp³-hybridized carbons (Fsp3) is 0.118. The number of rotatable bonds is 3. The molecule has 3 aromatic rings. The molecule has 22 heavy (non-hydrogen) atoms. The molecule has 0 aliphatic rings. The molecule has 0 fully saturated rings. The average Bonchev–Trinajstić information content (AvgIpc) is 2.49. The normalized spacial score (nSPS) is 10.8. The van der Waals surface area contributed by atoms with Crippen molar-refractivity contribution in [2.45, 2.75) is 6.92 Å². The Bertz CT molecular complexity index is 882. The van der Waals surface area contributed by atoms with Crippen LogP contribution < -0.4 is 10.2 Å². The van der Waals surface area contributed by atoms with Gasteiger partial charge in [-0.2, -0.15) is 0 Å². The van der Waals surface area contributed by atoms with E-state index in [4.69, 9.17) is 9.15 Å². The number of hydrogen-bond donors (Lipinski definition) is 1. The lowest BCUT2D eigenvalue weighted by molar-refractivity contribution is 0.338. The first-order chi connectivity index (χ1) is 10.6. The Labute approximate surface area is 135 Å². The molecule has 2 aromatic carbocycles. The molecule has 4 nitrogen and oxygen atoms in total. The molecular formula is C17H13BrO4. The highest BCUT2D eigenvalue weighted by atomic mass is 79.9. The summed E-state index contributed by atoms with van der Waals surface area (Å²) in [6.07, 6.45) is 1.41. The van der Waals surface area contributed by atoms with E-state index in [9.17, 15) is 9.90 Å². The van der Waals surface area contributed by atoms with Gasteiger partial charge in [-0.15, -0.1) is 0 Å². The molecule has 0 atom stereocenters. The monoisotopic (exact) mass is 360 g/mol. The molecule has 0 saturated carbocycles. The van der Waals surface area contributed by atoms with Crippen molar-refractivity contribution in [1.82, 2.24) is 0 Å². The third kappa shape index (κ3) is 2.60. The van der Waals surface area contributed by atoms with Crippen LogP contribution in [0.1, 0.15) is 6.92 Å². The number of halogens is 1. The lowest BCUT2D eigenvalue weighted by atomic mass is 10.1. The lowest BCUT2D eigenvalue weighted by Gasteiger charge is -2.07. The molecule has 0 spiro atoms. The zero-order valence-corrected chi connectivity index (χ0v) is 13.4. The van der Waals surface area contributed by atoms with Gasteiger partial charge in [-0.3, -0.25) is 4.79 Å². The Morgan fingerprint density at radius 2 is 1.95 bits per heavy atom. The fourth-order valence-corrected chi connectivity index (χ4v) is 2.55. The second-order valence-electron chi connectivity index (χ2n) is 4.73. The molecule has 0 amide bonds. The van der Waals surface area contributed by atoms with E-state index in [-0.39, 0.29) is 16.6 Å². The summed E-state index contributed by atoms with van der Waals surface area (Å²) in [4.78, 5) is 12.6. The van der Waals surface area contributed by atoms with Crippen LogP contribution in [0.15, 0.2) is 56.3 Å². The van der Waals surface area contributed by atoms with E-state index in [0.717, 1.165) is 10.0 Å². The Hall–Kier alpha value is -2.27. The van der Waals surface area contributed by atoms with E-state index < -0.39 is 0 Å². The minimum absolute atomic E-state index is 0.145. The molecule has 3 rings (SSSR count). The summed E-state index contributed by atoms with van der Waals surface area (Å²) >= 11 is 3.36. The van der Waals surface area contributed by atoms with Crippen molar-refractivity contribution >= 4 is 26.9 Å². The number of ether oxygens (including phenoxy) is 1. The molecule has 5 heteroatoms. The van der Waals surface area contributed by atoms with E-state index in [1.54, 1.807) is 6.07 Å². The van der Waals surface area contributed by atoms with Crippen molar-refractivity contribution in [2.75, 3.05) is 6.61 Å². The second-order valence-corrected chi connectivity index (χ2v) is 5.65. The maximum atomic E-state index is 12.6. The van der Waals surface area contributed by atoms with Gasteiger partial charge in [0.25, 0.3) is 0 Å². The topological polar surface area (TPSA) is 59.7 Å². The maximum absolute atomic E-state index is 12.6. The molecule has 0 saturated heterocycles. The smallest absolute Gasteiger partial charge is 0.204 e. The van der Waals surface area contributed by atoms with Crippen molar-refractivity contribution in [1.29, 1.82) is 0 Å². The predicted octanol–water partition coefficient (Wildman–Crippen LogP) is 4.33. The summed E-state index contributed by atoms with van der Waals surface area (Å²) < 4.78 is 11.8. The summed E-state index contributed by atoms with van der Waals surface area (Å²) in [5.74, 6) is 0.320. The van der Waals surface area contributed by atoms with Gasteiger partial charge in [-0.25, -0.2) is 0 Å². The van der Waals surface area contributed by atoms with Gasteiger partial charge in [-0.05, 0) is 24.6 Å². The van der Waals surface area contributed by atoms with Crippen LogP contribution in [0.4, 0.5) is 0 Å². The van der Waals surface area contributed by atoms with Crippen molar-refractivity contribution in [3.8, 4) is 22.6 Å². The summed E-state index contributed by atoms with van der Waals surface area (Å²) in [5, 5.41) is 10.3. The van der Waals surface area contributed by atoms with Crippen molar-refractivity contribution in [3.63, 3.8) is 0 Å². The molecule has 1 aromatic heterocycles. The van der Waals surface area contributed by atoms with Crippen LogP contribution in [0.2, 0.25) is 0 Å². The zero-order chi connectivity index (χ0) is 15.7. The van der Waals surface area contributed by atoms with E-state index in [0.29, 0.717) is 23.5 Å². The highest BCUT2D eigenvalue weighted by molar-refractivity contribution is 9.10. The third-order valence-corrected chi connectivity index (χ3v) is 3.83. The number of aromatic hydroxyl groups is 1. The Morgan fingerprint density at radius 1 is 1.23 bits per heavy atom. The van der Waals surface area contributed by atoms with Crippen LogP contribution in [0.5, 0.6) is 11.5 Å². The van der Waals surface area contributed by atoms with Gasteiger partial charge >= 0.3 is 0 Å². The highest BCUT2D eigenvalue weighted by Crippen LogP contribution is 2.30.